The molecule has 2 aliphatic rings. The van der Waals surface area contributed by atoms with Gasteiger partial charge in [0, 0.05) is 32.1 Å². The van der Waals surface area contributed by atoms with Crippen LogP contribution in [-0.4, -0.2) is 48.3 Å². The molecule has 2 aliphatic heterocycles. The van der Waals surface area contributed by atoms with Crippen molar-refractivity contribution in [1.29, 1.82) is 0 Å². The number of aliphatic imine (C=N–C) groups is 1. The Morgan fingerprint density at radius 3 is 2.64 bits per heavy atom. The maximum absolute atomic E-state index is 12.4. The Bertz CT molecular complexity index is 888. The second-order valence-electron chi connectivity index (χ2n) is 6.66. The fourth-order valence-electron chi connectivity index (χ4n) is 3.38. The molecule has 1 amide bonds. The normalized spacial score (nSPS) is 22.1. The molecule has 4 N–H and O–H groups in total. The van der Waals surface area contributed by atoms with Crippen molar-refractivity contribution in [2.75, 3.05) is 20.8 Å². The molecule has 0 aliphatic carbocycles. The van der Waals surface area contributed by atoms with E-state index in [4.69, 9.17) is 9.47 Å². The van der Waals surface area contributed by atoms with Gasteiger partial charge in [-0.15, -0.1) is 0 Å². The zero-order valence-corrected chi connectivity index (χ0v) is 15.9. The van der Waals surface area contributed by atoms with Crippen LogP contribution in [0.5, 0.6) is 11.5 Å². The molecule has 1 saturated heterocycles. The van der Waals surface area contributed by atoms with E-state index in [1.807, 2.05) is 29.9 Å². The van der Waals surface area contributed by atoms with Crippen LogP contribution in [0.2, 0.25) is 0 Å². The van der Waals surface area contributed by atoms with E-state index in [-0.39, 0.29) is 24.0 Å². The van der Waals surface area contributed by atoms with Crippen LogP contribution in [-0.2, 0) is 11.8 Å². The number of nitrogens with one attached hydrogen (secondary N) is 4. The molecule has 1 aromatic carbocycles. The number of ether oxygens (including phenoxy) is 2. The number of aromatic nitrogens is 2. The highest BCUT2D eigenvalue weighted by Crippen LogP contribution is 2.29. The number of hydrogen-bond donors (Lipinski definition) is 4. The molecule has 3 heterocycles. The van der Waals surface area contributed by atoms with Crippen LogP contribution < -0.4 is 31.0 Å². The highest BCUT2D eigenvalue weighted by molar-refractivity contribution is 6.00. The summed E-state index contributed by atoms with van der Waals surface area (Å²) in [7, 11) is 5.12. The summed E-state index contributed by atoms with van der Waals surface area (Å²) in [6.07, 6.45) is 3.28. The summed E-state index contributed by atoms with van der Waals surface area (Å²) in [6, 6.07) is 5.22. The maximum atomic E-state index is 12.4. The Balaban J connectivity index is 1.71. The first-order valence-electron chi connectivity index (χ1n) is 8.93. The number of carbonyl (C=O) groups excluding carboxylic acids is 1. The summed E-state index contributed by atoms with van der Waals surface area (Å²) in [5, 5.41) is 6.16. The van der Waals surface area contributed by atoms with Crippen molar-refractivity contribution in [3.8, 4) is 11.5 Å². The van der Waals surface area contributed by atoms with Crippen molar-refractivity contribution >= 4 is 11.9 Å². The summed E-state index contributed by atoms with van der Waals surface area (Å²) in [4.78, 5) is 21.4. The van der Waals surface area contributed by atoms with Gasteiger partial charge in [-0.3, -0.25) is 15.5 Å². The first-order chi connectivity index (χ1) is 13.6. The number of hydrazine groups is 1. The Morgan fingerprint density at radius 2 is 2.00 bits per heavy atom. The highest BCUT2D eigenvalue weighted by Gasteiger charge is 2.37. The molecule has 1 aromatic heterocycles. The molecule has 0 saturated carbocycles. The second-order valence-corrected chi connectivity index (χ2v) is 6.66. The van der Waals surface area contributed by atoms with Crippen LogP contribution >= 0.6 is 0 Å². The molecule has 10 heteroatoms. The van der Waals surface area contributed by atoms with Crippen molar-refractivity contribution in [3.63, 3.8) is 0 Å². The first-order valence-corrected chi connectivity index (χ1v) is 8.93. The lowest BCUT2D eigenvalue weighted by atomic mass is 10.0. The van der Waals surface area contributed by atoms with E-state index in [0.29, 0.717) is 24.0 Å². The number of benzene rings is 1. The molecular weight excluding hydrogens is 362 g/mol. The predicted molar refractivity (Wildman–Crippen MR) is 102 cm³/mol. The summed E-state index contributed by atoms with van der Waals surface area (Å²) >= 11 is 0. The molecule has 28 heavy (non-hydrogen) atoms. The van der Waals surface area contributed by atoms with E-state index in [1.54, 1.807) is 26.5 Å². The van der Waals surface area contributed by atoms with Crippen LogP contribution in [0.25, 0.3) is 0 Å². The zero-order valence-electron chi connectivity index (χ0n) is 15.9. The van der Waals surface area contributed by atoms with Crippen LogP contribution in [0.15, 0.2) is 35.6 Å². The molecule has 148 valence electrons. The highest BCUT2D eigenvalue weighted by atomic mass is 16.5. The molecule has 4 rings (SSSR count). The molecule has 0 radical (unpaired) electrons. The smallest absolute Gasteiger partial charge is 0.234 e. The Morgan fingerprint density at radius 1 is 1.25 bits per heavy atom. The van der Waals surface area contributed by atoms with Gasteiger partial charge in [0.15, 0.2) is 0 Å². The number of hydrogen-bond acceptors (Lipinski definition) is 8. The average Bonchev–Trinajstić information content (AvgIpc) is 3.34. The van der Waals surface area contributed by atoms with Crippen LogP contribution in [0, 0.1) is 5.92 Å². The molecule has 0 spiro atoms. The van der Waals surface area contributed by atoms with Gasteiger partial charge in [0.2, 0.25) is 11.9 Å². The van der Waals surface area contributed by atoms with Gasteiger partial charge in [-0.1, -0.05) is 0 Å². The van der Waals surface area contributed by atoms with Gasteiger partial charge in [-0.05, 0) is 17.7 Å². The quantitative estimate of drug-likeness (QED) is 0.556. The minimum Gasteiger partial charge on any atom is -0.497 e. The fraction of sp³-hybridized carbons (Fsp3) is 0.389. The molecule has 3 unspecified atom stereocenters. The summed E-state index contributed by atoms with van der Waals surface area (Å²) in [5.41, 5.74) is 6.85. The van der Waals surface area contributed by atoms with E-state index < -0.39 is 0 Å². The third-order valence-electron chi connectivity index (χ3n) is 4.90. The van der Waals surface area contributed by atoms with Gasteiger partial charge >= 0.3 is 0 Å². The largest absolute Gasteiger partial charge is 0.497 e. The Hall–Kier alpha value is -3.11. The first kappa shape index (κ1) is 18.3. The SMILES string of the molecule is COc1cc(OC)cc(C(NC2=NC3NNCC3C(=O)N2)c2nccn2C)c1. The van der Waals surface area contributed by atoms with Gasteiger partial charge in [0.1, 0.15) is 29.5 Å². The lowest BCUT2D eigenvalue weighted by Crippen LogP contribution is -2.53. The van der Waals surface area contributed by atoms with Crippen molar-refractivity contribution in [2.45, 2.75) is 12.2 Å². The van der Waals surface area contributed by atoms with Crippen LogP contribution in [0.1, 0.15) is 17.4 Å². The lowest BCUT2D eigenvalue weighted by molar-refractivity contribution is -0.123. The van der Waals surface area contributed by atoms with E-state index in [0.717, 1.165) is 11.4 Å². The molecule has 10 nitrogen and oxygen atoms in total. The number of guanidine groups is 1. The minimum absolute atomic E-state index is 0.0817. The van der Waals surface area contributed by atoms with E-state index in [1.165, 1.54) is 0 Å². The number of amides is 1. The van der Waals surface area contributed by atoms with Gasteiger partial charge in [-0.2, -0.15) is 0 Å². The fourth-order valence-corrected chi connectivity index (χ4v) is 3.38. The molecular formula is C18H23N7O3. The van der Waals surface area contributed by atoms with E-state index in [2.05, 4.69) is 31.5 Å². The number of carbonyl (C=O) groups is 1. The van der Waals surface area contributed by atoms with Crippen molar-refractivity contribution in [2.24, 2.45) is 18.0 Å². The van der Waals surface area contributed by atoms with E-state index >= 15 is 0 Å². The summed E-state index contributed by atoms with van der Waals surface area (Å²) in [5.74, 6) is 2.15. The summed E-state index contributed by atoms with van der Waals surface area (Å²) in [6.45, 7) is 0.545. The second kappa shape index (κ2) is 7.49. The average molecular weight is 385 g/mol. The number of aryl methyl sites for hydroxylation is 1. The standard InChI is InChI=1S/C18H23N7O3/c1-25-5-4-19-16(25)14(10-6-11(27-2)8-12(7-10)28-3)21-18-22-15-13(9-20-24-15)17(26)23-18/h4-8,13-15,20,24H,9H2,1-3H3,(H2,21,22,23,26). The minimum atomic E-state index is -0.381. The van der Waals surface area contributed by atoms with Gasteiger partial charge in [0.25, 0.3) is 0 Å². The number of imidazole rings is 1. The third kappa shape index (κ3) is 3.39. The predicted octanol–water partition coefficient (Wildman–Crippen LogP) is -0.348. The van der Waals surface area contributed by atoms with Crippen LogP contribution in [0.4, 0.5) is 0 Å². The lowest BCUT2D eigenvalue weighted by Gasteiger charge is -2.27. The summed E-state index contributed by atoms with van der Waals surface area (Å²) < 4.78 is 12.7. The Labute approximate surface area is 162 Å². The molecule has 1 fully saturated rings. The van der Waals surface area contributed by atoms with Crippen LogP contribution in [0.3, 0.4) is 0 Å². The van der Waals surface area contributed by atoms with Gasteiger partial charge < -0.3 is 19.4 Å². The number of fused-ring (bicyclic) bond motifs is 1. The van der Waals surface area contributed by atoms with Crippen molar-refractivity contribution < 1.29 is 14.3 Å². The maximum Gasteiger partial charge on any atom is 0.234 e. The Kier molecular flexibility index (Phi) is 4.88. The topological polar surface area (TPSA) is 114 Å². The van der Waals surface area contributed by atoms with Gasteiger partial charge in [-0.25, -0.2) is 15.4 Å². The molecule has 2 aromatic rings. The number of methoxy groups -OCH3 is 2. The monoisotopic (exact) mass is 385 g/mol. The van der Waals surface area contributed by atoms with Crippen molar-refractivity contribution in [3.05, 3.63) is 42.0 Å². The van der Waals surface area contributed by atoms with Gasteiger partial charge in [0.05, 0.1) is 20.1 Å². The van der Waals surface area contributed by atoms with Crippen molar-refractivity contribution in [1.82, 2.24) is 31.0 Å². The third-order valence-corrected chi connectivity index (χ3v) is 4.90. The number of rotatable bonds is 5. The molecule has 3 atom stereocenters. The number of nitrogens with zero attached hydrogens (tertiary/aromatic N) is 3. The molecule has 0 bridgehead atoms. The van der Waals surface area contributed by atoms with E-state index in [9.17, 15) is 4.79 Å². The zero-order chi connectivity index (χ0) is 19.7.